The third-order valence-electron chi connectivity index (χ3n) is 2.05. The summed E-state index contributed by atoms with van der Waals surface area (Å²) in [5.74, 6) is 0.637. The highest BCUT2D eigenvalue weighted by molar-refractivity contribution is 5.80. The molecule has 0 bridgehead atoms. The van der Waals surface area contributed by atoms with Gasteiger partial charge in [0.25, 0.3) is 5.91 Å². The van der Waals surface area contributed by atoms with Crippen molar-refractivity contribution in [1.82, 2.24) is 5.32 Å². The number of carbonyl (C=O) groups excluding carboxylic acids is 1. The second-order valence-electron chi connectivity index (χ2n) is 3.47. The fourth-order valence-corrected chi connectivity index (χ4v) is 1.19. The Morgan fingerprint density at radius 2 is 2.00 bits per heavy atom. The van der Waals surface area contributed by atoms with E-state index in [2.05, 4.69) is 5.32 Å². The van der Waals surface area contributed by atoms with Crippen LogP contribution in [0.25, 0.3) is 0 Å². The van der Waals surface area contributed by atoms with Gasteiger partial charge in [0.1, 0.15) is 5.75 Å². The highest BCUT2D eigenvalue weighted by Gasteiger charge is 2.12. The van der Waals surface area contributed by atoms with Gasteiger partial charge in [-0.1, -0.05) is 17.7 Å². The number of aryl methyl sites for hydroxylation is 1. The fourth-order valence-electron chi connectivity index (χ4n) is 1.19. The predicted octanol–water partition coefficient (Wildman–Crippen LogP) is 1.90. The monoisotopic (exact) mass is 207 g/mol. The van der Waals surface area contributed by atoms with Crippen LogP contribution in [0.15, 0.2) is 24.3 Å². The summed E-state index contributed by atoms with van der Waals surface area (Å²) < 4.78 is 5.47. The van der Waals surface area contributed by atoms with Crippen molar-refractivity contribution >= 4 is 5.91 Å². The van der Waals surface area contributed by atoms with Gasteiger partial charge in [0.15, 0.2) is 6.10 Å². The van der Waals surface area contributed by atoms with Gasteiger partial charge in [-0.2, -0.15) is 0 Å². The van der Waals surface area contributed by atoms with Crippen LogP contribution in [0.5, 0.6) is 5.75 Å². The van der Waals surface area contributed by atoms with Gasteiger partial charge in [0.2, 0.25) is 0 Å². The number of ether oxygens (including phenoxy) is 1. The molecule has 1 rings (SSSR count). The molecule has 3 heteroatoms. The van der Waals surface area contributed by atoms with Crippen LogP contribution >= 0.6 is 0 Å². The zero-order valence-corrected chi connectivity index (χ0v) is 9.41. The molecule has 0 radical (unpaired) electrons. The molecule has 0 saturated heterocycles. The summed E-state index contributed by atoms with van der Waals surface area (Å²) in [6, 6.07) is 7.65. The van der Waals surface area contributed by atoms with E-state index in [-0.39, 0.29) is 5.91 Å². The van der Waals surface area contributed by atoms with Gasteiger partial charge >= 0.3 is 0 Å². The Labute approximate surface area is 90.4 Å². The SMILES string of the molecule is CCNC(=O)[C@@H](C)Oc1ccc(C)cc1. The van der Waals surface area contributed by atoms with Crippen molar-refractivity contribution in [2.24, 2.45) is 0 Å². The Bertz CT molecular complexity index is 319. The zero-order chi connectivity index (χ0) is 11.3. The standard InChI is InChI=1S/C12H17NO2/c1-4-13-12(14)10(3)15-11-7-5-9(2)6-8-11/h5-8,10H,4H2,1-3H3,(H,13,14)/t10-/m1/s1. The van der Waals surface area contributed by atoms with Crippen LogP contribution in [0.4, 0.5) is 0 Å². The minimum Gasteiger partial charge on any atom is -0.481 e. The molecule has 1 aromatic carbocycles. The number of rotatable bonds is 4. The zero-order valence-electron chi connectivity index (χ0n) is 9.41. The van der Waals surface area contributed by atoms with Crippen LogP contribution in [0, 0.1) is 6.92 Å². The number of carbonyl (C=O) groups is 1. The Morgan fingerprint density at radius 1 is 1.40 bits per heavy atom. The van der Waals surface area contributed by atoms with Gasteiger partial charge in [-0.05, 0) is 32.9 Å². The van der Waals surface area contributed by atoms with Crippen molar-refractivity contribution in [2.75, 3.05) is 6.54 Å². The van der Waals surface area contributed by atoms with Gasteiger partial charge in [-0.25, -0.2) is 0 Å². The molecule has 1 amide bonds. The molecule has 1 aromatic rings. The molecule has 3 nitrogen and oxygen atoms in total. The minimum atomic E-state index is -0.451. The van der Waals surface area contributed by atoms with Gasteiger partial charge in [-0.3, -0.25) is 4.79 Å². The minimum absolute atomic E-state index is 0.0851. The molecule has 0 spiro atoms. The summed E-state index contributed by atoms with van der Waals surface area (Å²) in [5.41, 5.74) is 1.17. The van der Waals surface area contributed by atoms with E-state index < -0.39 is 6.10 Å². The average Bonchev–Trinajstić information content (AvgIpc) is 2.22. The van der Waals surface area contributed by atoms with Crippen molar-refractivity contribution in [3.63, 3.8) is 0 Å². The van der Waals surface area contributed by atoms with Crippen LogP contribution in [0.1, 0.15) is 19.4 Å². The van der Waals surface area contributed by atoms with E-state index in [9.17, 15) is 4.79 Å². The van der Waals surface area contributed by atoms with E-state index in [1.165, 1.54) is 5.56 Å². The number of amides is 1. The number of hydrogen-bond acceptors (Lipinski definition) is 2. The lowest BCUT2D eigenvalue weighted by Gasteiger charge is -2.13. The summed E-state index contributed by atoms with van der Waals surface area (Å²) in [6.45, 7) is 6.26. The number of hydrogen-bond donors (Lipinski definition) is 1. The summed E-state index contributed by atoms with van der Waals surface area (Å²) in [5, 5.41) is 2.71. The molecule has 0 aliphatic heterocycles. The summed E-state index contributed by atoms with van der Waals surface area (Å²) in [6.07, 6.45) is -0.451. The first-order valence-electron chi connectivity index (χ1n) is 5.14. The first-order chi connectivity index (χ1) is 7.13. The molecule has 0 aliphatic carbocycles. The highest BCUT2D eigenvalue weighted by Crippen LogP contribution is 2.13. The largest absolute Gasteiger partial charge is 0.481 e. The van der Waals surface area contributed by atoms with Gasteiger partial charge in [-0.15, -0.1) is 0 Å². The molecule has 0 unspecified atom stereocenters. The number of nitrogens with one attached hydrogen (secondary N) is 1. The smallest absolute Gasteiger partial charge is 0.260 e. The van der Waals surface area contributed by atoms with E-state index in [0.717, 1.165) is 5.75 Å². The molecule has 15 heavy (non-hydrogen) atoms. The number of likely N-dealkylation sites (N-methyl/N-ethyl adjacent to an activating group) is 1. The summed E-state index contributed by atoms with van der Waals surface area (Å²) >= 11 is 0. The maximum absolute atomic E-state index is 11.4. The Morgan fingerprint density at radius 3 is 2.53 bits per heavy atom. The van der Waals surface area contributed by atoms with E-state index in [4.69, 9.17) is 4.74 Å². The number of benzene rings is 1. The molecule has 0 fully saturated rings. The molecule has 1 atom stereocenters. The topological polar surface area (TPSA) is 38.3 Å². The molecule has 0 heterocycles. The van der Waals surface area contributed by atoms with E-state index in [0.29, 0.717) is 6.54 Å². The summed E-state index contributed by atoms with van der Waals surface area (Å²) in [4.78, 5) is 11.4. The molecule has 82 valence electrons. The summed E-state index contributed by atoms with van der Waals surface area (Å²) in [7, 11) is 0. The molecule has 1 N–H and O–H groups in total. The fraction of sp³-hybridized carbons (Fsp3) is 0.417. The lowest BCUT2D eigenvalue weighted by atomic mass is 10.2. The van der Waals surface area contributed by atoms with Crippen molar-refractivity contribution in [3.05, 3.63) is 29.8 Å². The van der Waals surface area contributed by atoms with Crippen LogP contribution in [-0.4, -0.2) is 18.6 Å². The lowest BCUT2D eigenvalue weighted by molar-refractivity contribution is -0.127. The highest BCUT2D eigenvalue weighted by atomic mass is 16.5. The van der Waals surface area contributed by atoms with E-state index in [1.807, 2.05) is 38.1 Å². The molecular formula is C12H17NO2. The van der Waals surface area contributed by atoms with Crippen molar-refractivity contribution < 1.29 is 9.53 Å². The molecule has 0 saturated carbocycles. The molecule has 0 aliphatic rings. The van der Waals surface area contributed by atoms with Crippen molar-refractivity contribution in [2.45, 2.75) is 26.9 Å². The van der Waals surface area contributed by atoms with Crippen molar-refractivity contribution in [3.8, 4) is 5.75 Å². The van der Waals surface area contributed by atoms with Crippen LogP contribution in [-0.2, 0) is 4.79 Å². The van der Waals surface area contributed by atoms with Gasteiger partial charge in [0, 0.05) is 6.54 Å². The predicted molar refractivity (Wildman–Crippen MR) is 60.0 cm³/mol. The Kier molecular flexibility index (Phi) is 4.16. The van der Waals surface area contributed by atoms with Gasteiger partial charge < -0.3 is 10.1 Å². The van der Waals surface area contributed by atoms with E-state index in [1.54, 1.807) is 6.92 Å². The maximum Gasteiger partial charge on any atom is 0.260 e. The van der Waals surface area contributed by atoms with E-state index >= 15 is 0 Å². The maximum atomic E-state index is 11.4. The first-order valence-corrected chi connectivity index (χ1v) is 5.14. The lowest BCUT2D eigenvalue weighted by Crippen LogP contribution is -2.36. The quantitative estimate of drug-likeness (QED) is 0.819. The van der Waals surface area contributed by atoms with Crippen LogP contribution in [0.3, 0.4) is 0 Å². The molecule has 0 aromatic heterocycles. The Balaban J connectivity index is 2.54. The average molecular weight is 207 g/mol. The first kappa shape index (κ1) is 11.6. The third-order valence-corrected chi connectivity index (χ3v) is 2.05. The van der Waals surface area contributed by atoms with Crippen LogP contribution in [0.2, 0.25) is 0 Å². The third kappa shape index (κ3) is 3.62. The Hall–Kier alpha value is -1.51. The second kappa shape index (κ2) is 5.39. The van der Waals surface area contributed by atoms with Crippen LogP contribution < -0.4 is 10.1 Å². The van der Waals surface area contributed by atoms with Gasteiger partial charge in [0.05, 0.1) is 0 Å². The van der Waals surface area contributed by atoms with Crippen molar-refractivity contribution in [1.29, 1.82) is 0 Å². The normalized spacial score (nSPS) is 11.9. The second-order valence-corrected chi connectivity index (χ2v) is 3.47. The molecular weight excluding hydrogens is 190 g/mol.